The molecule has 8 aliphatic rings. The lowest BCUT2D eigenvalue weighted by molar-refractivity contribution is 0.391. The molecule has 84 heavy (non-hydrogen) atoms. The van der Waals surface area contributed by atoms with E-state index in [0.29, 0.717) is 23.7 Å². The molecule has 0 fully saturated rings. The van der Waals surface area contributed by atoms with Crippen LogP contribution in [0.25, 0.3) is 38.6 Å². The summed E-state index contributed by atoms with van der Waals surface area (Å²) in [5, 5.41) is 4.15. The molecule has 0 radical (unpaired) electrons. The zero-order valence-corrected chi connectivity index (χ0v) is 52.3. The van der Waals surface area contributed by atoms with Crippen molar-refractivity contribution in [1.29, 1.82) is 0 Å². The fourth-order valence-corrected chi connectivity index (χ4v) is 18.6. The number of benzene rings is 6. The number of para-hydroxylation sites is 2. The fourth-order valence-electron chi connectivity index (χ4n) is 17.5. The molecular weight excluding hydrogens is 1030 g/mol. The van der Waals surface area contributed by atoms with E-state index >= 15 is 0 Å². The molecule has 1 aromatic heterocycles. The van der Waals surface area contributed by atoms with Crippen molar-refractivity contribution in [2.45, 2.75) is 173 Å². The van der Waals surface area contributed by atoms with Crippen LogP contribution in [0.4, 0.5) is 22.7 Å². The Balaban J connectivity index is 1.05. The summed E-state index contributed by atoms with van der Waals surface area (Å²) in [5.41, 5.74) is 24.8. The molecule has 426 valence electrons. The van der Waals surface area contributed by atoms with E-state index in [0.717, 1.165) is 25.7 Å². The van der Waals surface area contributed by atoms with Gasteiger partial charge in [-0.15, -0.1) is 0 Å². The highest BCUT2D eigenvalue weighted by atomic mass is 28.3. The molecule has 0 N–H and O–H groups in total. The molecule has 0 spiro atoms. The van der Waals surface area contributed by atoms with Crippen LogP contribution in [0.5, 0.6) is 0 Å². The van der Waals surface area contributed by atoms with Crippen LogP contribution in [0.3, 0.4) is 0 Å². The van der Waals surface area contributed by atoms with Crippen LogP contribution in [0.1, 0.15) is 142 Å². The first-order valence-corrected chi connectivity index (χ1v) is 36.7. The highest BCUT2D eigenvalue weighted by Crippen LogP contribution is 2.53. The van der Waals surface area contributed by atoms with E-state index in [1.807, 2.05) is 0 Å². The minimum absolute atomic E-state index is 0.0407. The molecule has 0 saturated carbocycles. The second kappa shape index (κ2) is 21.7. The summed E-state index contributed by atoms with van der Waals surface area (Å²) in [7, 11) is -1.51. The number of hydrogen-bond donors (Lipinski definition) is 0. The molecule has 0 bridgehead atoms. The van der Waals surface area contributed by atoms with Crippen LogP contribution in [-0.2, 0) is 5.41 Å². The molecule has 6 aliphatic carbocycles. The topological polar surface area (TPSA) is 11.4 Å². The standard InChI is InChI=1S/C79H88BN3Si/c1-79(2,3)59-50-74-76-75(51-59)83(78-64(56-29-15-9-16-30-56)37-24-38-65(78)57-31-17-10-18-32-57)73-52-60(81-70-39-21-19-33-66(70)67-34-20-22-40-71(67)81)44-48-69(73)80(76)68-47-43-58(53-41-45-61(46-42-53)84(4,5)6)49-72(68)82(74)77-62(54-25-11-7-12-26-54)35-23-36-63(77)55-27-13-8-14-28-55/h7,9,11,15,19-22,27,31,33-35,37,39-52,54,56,63,65,77-78H,8,10,12-14,16-18,23-26,28-30,32,36,38H2,1-6H3. The van der Waals surface area contributed by atoms with Gasteiger partial charge in [-0.05, 0) is 220 Å². The highest BCUT2D eigenvalue weighted by Gasteiger charge is 2.51. The minimum Gasteiger partial charge on any atom is -0.334 e. The zero-order valence-electron chi connectivity index (χ0n) is 51.3. The lowest BCUT2D eigenvalue weighted by Crippen LogP contribution is -2.65. The normalized spacial score (nSPS) is 24.3. The lowest BCUT2D eigenvalue weighted by atomic mass is 9.33. The lowest BCUT2D eigenvalue weighted by Gasteiger charge is -2.53. The summed E-state index contributed by atoms with van der Waals surface area (Å²) in [5.74, 6) is 1.94. The number of allylic oxidation sites excluding steroid dienone is 8. The van der Waals surface area contributed by atoms with E-state index in [9.17, 15) is 0 Å². The Morgan fingerprint density at radius 3 is 1.50 bits per heavy atom. The van der Waals surface area contributed by atoms with Gasteiger partial charge in [0.05, 0.1) is 31.2 Å². The van der Waals surface area contributed by atoms with Gasteiger partial charge in [-0.1, -0.05) is 184 Å². The molecule has 7 aromatic rings. The third kappa shape index (κ3) is 9.35. The monoisotopic (exact) mass is 1120 g/mol. The Morgan fingerprint density at radius 1 is 0.476 bits per heavy atom. The predicted octanol–water partition coefficient (Wildman–Crippen LogP) is 18.8. The molecule has 0 saturated heterocycles. The molecule has 2 aliphatic heterocycles. The van der Waals surface area contributed by atoms with Crippen molar-refractivity contribution in [2.75, 3.05) is 9.80 Å². The van der Waals surface area contributed by atoms with Gasteiger partial charge in [-0.25, -0.2) is 0 Å². The first kappa shape index (κ1) is 54.1. The van der Waals surface area contributed by atoms with Gasteiger partial charge in [0.25, 0.3) is 6.71 Å². The summed E-state index contributed by atoms with van der Waals surface area (Å²) in [6.07, 6.45) is 42.9. The maximum Gasteiger partial charge on any atom is 0.252 e. The number of fused-ring (bicyclic) bond motifs is 7. The van der Waals surface area contributed by atoms with Crippen LogP contribution in [-0.4, -0.2) is 31.4 Å². The van der Waals surface area contributed by atoms with E-state index in [-0.39, 0.29) is 24.2 Å². The van der Waals surface area contributed by atoms with E-state index in [1.165, 1.54) is 178 Å². The van der Waals surface area contributed by atoms with Crippen LogP contribution < -0.4 is 31.4 Å². The average molecular weight is 1120 g/mol. The smallest absolute Gasteiger partial charge is 0.252 e. The Bertz CT molecular complexity index is 3850. The van der Waals surface area contributed by atoms with E-state index in [4.69, 9.17) is 0 Å². The summed E-state index contributed by atoms with van der Waals surface area (Å²) < 4.78 is 2.59. The largest absolute Gasteiger partial charge is 0.334 e. The predicted molar refractivity (Wildman–Crippen MR) is 365 cm³/mol. The van der Waals surface area contributed by atoms with Crippen LogP contribution in [0, 0.1) is 23.7 Å². The second-order valence-corrected chi connectivity index (χ2v) is 33.8. The first-order valence-electron chi connectivity index (χ1n) is 33.2. The molecule has 6 unspecified atom stereocenters. The average Bonchev–Trinajstić information content (AvgIpc) is 1.35. The van der Waals surface area contributed by atoms with Crippen LogP contribution in [0.15, 0.2) is 192 Å². The number of aromatic nitrogens is 1. The first-order chi connectivity index (χ1) is 41.0. The van der Waals surface area contributed by atoms with Crippen LogP contribution >= 0.6 is 0 Å². The van der Waals surface area contributed by atoms with Gasteiger partial charge in [0.15, 0.2) is 0 Å². The zero-order chi connectivity index (χ0) is 56.8. The third-order valence-electron chi connectivity index (χ3n) is 21.7. The number of nitrogens with zero attached hydrogens (tertiary/aromatic N) is 3. The van der Waals surface area contributed by atoms with Crippen molar-refractivity contribution < 1.29 is 0 Å². The highest BCUT2D eigenvalue weighted by molar-refractivity contribution is 7.00. The third-order valence-corrected chi connectivity index (χ3v) is 23.8. The van der Waals surface area contributed by atoms with Crippen molar-refractivity contribution in [3.63, 3.8) is 0 Å². The van der Waals surface area contributed by atoms with Gasteiger partial charge in [0.2, 0.25) is 0 Å². The van der Waals surface area contributed by atoms with Crippen molar-refractivity contribution >= 4 is 80.9 Å². The Hall–Kier alpha value is -6.56. The van der Waals surface area contributed by atoms with Gasteiger partial charge < -0.3 is 14.4 Å². The van der Waals surface area contributed by atoms with Crippen molar-refractivity contribution in [2.24, 2.45) is 23.7 Å². The summed E-state index contributed by atoms with van der Waals surface area (Å²) in [6.45, 7) is 15.0. The van der Waals surface area contributed by atoms with E-state index < -0.39 is 8.07 Å². The van der Waals surface area contributed by atoms with E-state index in [1.54, 1.807) is 22.3 Å². The van der Waals surface area contributed by atoms with Gasteiger partial charge >= 0.3 is 0 Å². The van der Waals surface area contributed by atoms with Gasteiger partial charge in [-0.3, -0.25) is 0 Å². The molecule has 3 nitrogen and oxygen atoms in total. The molecular formula is C79H88BN3Si. The van der Waals surface area contributed by atoms with Gasteiger partial charge in [0, 0.05) is 51.0 Å². The quantitative estimate of drug-likeness (QED) is 0.105. The Morgan fingerprint density at radius 2 is 1.00 bits per heavy atom. The molecule has 5 heteroatoms. The Labute approximate surface area is 504 Å². The molecule has 6 atom stereocenters. The van der Waals surface area contributed by atoms with Gasteiger partial charge in [-0.2, -0.15) is 0 Å². The molecule has 3 heterocycles. The minimum atomic E-state index is -1.51. The Kier molecular flexibility index (Phi) is 14.0. The van der Waals surface area contributed by atoms with Crippen molar-refractivity contribution in [3.05, 3.63) is 198 Å². The fraction of sp³-hybridized carbons (Fsp3) is 0.392. The van der Waals surface area contributed by atoms with E-state index in [2.05, 4.69) is 225 Å². The maximum atomic E-state index is 3.06. The SMILES string of the molecule is CC(C)(C)c1cc2c3c(c1)N(C1C(C4CC=CCC4)=CCCC1C1=CCCCC1)c1cc(-n4c5ccccc5c5ccccc54)ccc1B3c1ccc(-c3ccc([Si](C)(C)C)cc3)cc1N2C1C(C2CC=CCC2)=CCCC1C1=CCCCC1. The number of rotatable bonds is 9. The maximum absolute atomic E-state index is 3.06. The number of hydrogen-bond acceptors (Lipinski definition) is 2. The molecule has 0 amide bonds. The van der Waals surface area contributed by atoms with Crippen molar-refractivity contribution in [3.8, 4) is 16.8 Å². The second-order valence-electron chi connectivity index (χ2n) is 28.7. The van der Waals surface area contributed by atoms with Gasteiger partial charge in [0.1, 0.15) is 0 Å². The summed E-state index contributed by atoms with van der Waals surface area (Å²) in [6, 6.07) is 49.7. The molecule has 6 aromatic carbocycles. The summed E-state index contributed by atoms with van der Waals surface area (Å²) >= 11 is 0. The summed E-state index contributed by atoms with van der Waals surface area (Å²) in [4.78, 5) is 6.12. The number of anilines is 4. The van der Waals surface area contributed by atoms with Crippen LogP contribution in [0.2, 0.25) is 19.6 Å². The van der Waals surface area contributed by atoms with Crippen molar-refractivity contribution in [1.82, 2.24) is 4.57 Å². The molecule has 15 rings (SSSR count).